The minimum atomic E-state index is -1.06. The maximum atomic E-state index is 12.3. The van der Waals surface area contributed by atoms with Crippen LogP contribution in [0.5, 0.6) is 0 Å². The summed E-state index contributed by atoms with van der Waals surface area (Å²) in [5.41, 5.74) is 0.399. The first kappa shape index (κ1) is 16.0. The highest BCUT2D eigenvalue weighted by molar-refractivity contribution is 6.01. The Bertz CT molecular complexity index is 559. The van der Waals surface area contributed by atoms with E-state index in [0.29, 0.717) is 32.0 Å². The summed E-state index contributed by atoms with van der Waals surface area (Å²) in [7, 11) is 0. The normalized spacial score (nSPS) is 21.1. The summed E-state index contributed by atoms with van der Waals surface area (Å²) in [5.74, 6) is -0.280. The van der Waals surface area contributed by atoms with Gasteiger partial charge in [-0.1, -0.05) is 30.3 Å². The van der Waals surface area contributed by atoms with E-state index in [2.05, 4.69) is 24.3 Å². The molecule has 1 spiro atoms. The molecule has 2 aliphatic carbocycles. The number of esters is 2. The van der Waals surface area contributed by atoms with Crippen molar-refractivity contribution in [3.63, 3.8) is 0 Å². The molecule has 0 N–H and O–H groups in total. The molecule has 2 fully saturated rings. The molecule has 0 saturated heterocycles. The van der Waals surface area contributed by atoms with Crippen LogP contribution in [-0.4, -0.2) is 25.2 Å². The predicted octanol–water partition coefficient (Wildman–Crippen LogP) is 3.46. The monoisotopic (exact) mass is 316 g/mol. The van der Waals surface area contributed by atoms with Gasteiger partial charge < -0.3 is 9.47 Å². The zero-order valence-electron chi connectivity index (χ0n) is 13.8. The van der Waals surface area contributed by atoms with Gasteiger partial charge >= 0.3 is 11.9 Å². The summed E-state index contributed by atoms with van der Waals surface area (Å²) in [6.45, 7) is 4.11. The molecule has 0 bridgehead atoms. The van der Waals surface area contributed by atoms with E-state index in [-0.39, 0.29) is 5.41 Å². The van der Waals surface area contributed by atoms with E-state index < -0.39 is 17.4 Å². The zero-order chi connectivity index (χ0) is 16.5. The smallest absolute Gasteiger partial charge is 0.323 e. The van der Waals surface area contributed by atoms with Crippen LogP contribution in [0.3, 0.4) is 0 Å². The molecule has 2 saturated carbocycles. The van der Waals surface area contributed by atoms with Crippen molar-refractivity contribution in [1.29, 1.82) is 0 Å². The fourth-order valence-electron chi connectivity index (χ4n) is 4.37. The van der Waals surface area contributed by atoms with Crippen molar-refractivity contribution in [2.45, 2.75) is 45.4 Å². The van der Waals surface area contributed by atoms with Crippen LogP contribution in [0.1, 0.15) is 51.0 Å². The Labute approximate surface area is 137 Å². The maximum absolute atomic E-state index is 12.3. The highest BCUT2D eigenvalue weighted by Crippen LogP contribution is 2.69. The van der Waals surface area contributed by atoms with Gasteiger partial charge in [-0.05, 0) is 56.4 Å². The molecule has 0 aromatic heterocycles. The lowest BCUT2D eigenvalue weighted by molar-refractivity contribution is -0.200. The van der Waals surface area contributed by atoms with Crippen LogP contribution in [0.15, 0.2) is 30.3 Å². The number of carbonyl (C=O) groups excluding carboxylic acids is 2. The zero-order valence-corrected chi connectivity index (χ0v) is 13.8. The molecular formula is C19H24O4. The molecule has 0 unspecified atom stereocenters. The average Bonchev–Trinajstić information content (AvgIpc) is 2.46. The lowest BCUT2D eigenvalue weighted by Crippen LogP contribution is -2.60. The first-order chi connectivity index (χ1) is 11.1. The molecule has 2 aliphatic rings. The van der Waals surface area contributed by atoms with Crippen LogP contribution in [0.2, 0.25) is 0 Å². The van der Waals surface area contributed by atoms with Crippen LogP contribution in [0.25, 0.3) is 0 Å². The molecular weight excluding hydrogens is 292 g/mol. The molecule has 4 heteroatoms. The number of benzene rings is 1. The number of rotatable bonds is 5. The van der Waals surface area contributed by atoms with E-state index in [4.69, 9.17) is 9.47 Å². The molecule has 1 aromatic rings. The number of hydrogen-bond donors (Lipinski definition) is 0. The van der Waals surface area contributed by atoms with Gasteiger partial charge in [0.05, 0.1) is 13.2 Å². The van der Waals surface area contributed by atoms with Gasteiger partial charge in [0.15, 0.2) is 5.41 Å². The van der Waals surface area contributed by atoms with Crippen LogP contribution in [0, 0.1) is 10.8 Å². The van der Waals surface area contributed by atoms with Gasteiger partial charge in [0, 0.05) is 0 Å². The topological polar surface area (TPSA) is 52.6 Å². The molecule has 0 atom stereocenters. The van der Waals surface area contributed by atoms with Crippen molar-refractivity contribution in [2.24, 2.45) is 10.8 Å². The summed E-state index contributed by atoms with van der Waals surface area (Å²) in [6, 6.07) is 10.4. The van der Waals surface area contributed by atoms with E-state index in [9.17, 15) is 9.59 Å². The standard InChI is InChI=1S/C19H24O4/c1-3-22-16(20)19(17(21)23-4-2)12-18(13-19)10-15(11-18)14-8-6-5-7-9-14/h5-9,15H,3-4,10-13H2,1-2H3. The SMILES string of the molecule is CCOC(=O)C1(C(=O)OCC)CC2(CC(c3ccccc3)C2)C1. The Hall–Kier alpha value is -1.84. The summed E-state index contributed by atoms with van der Waals surface area (Å²) < 4.78 is 10.3. The average molecular weight is 316 g/mol. The highest BCUT2D eigenvalue weighted by Gasteiger charge is 2.68. The van der Waals surface area contributed by atoms with E-state index in [1.54, 1.807) is 13.8 Å². The minimum Gasteiger partial charge on any atom is -0.465 e. The Morgan fingerprint density at radius 3 is 2.00 bits per heavy atom. The molecule has 23 heavy (non-hydrogen) atoms. The fourth-order valence-corrected chi connectivity index (χ4v) is 4.37. The van der Waals surface area contributed by atoms with Gasteiger partial charge in [0.1, 0.15) is 0 Å². The van der Waals surface area contributed by atoms with Gasteiger partial charge in [-0.3, -0.25) is 9.59 Å². The lowest BCUT2D eigenvalue weighted by atomic mass is 9.42. The third-order valence-corrected chi connectivity index (χ3v) is 5.32. The van der Waals surface area contributed by atoms with E-state index >= 15 is 0 Å². The van der Waals surface area contributed by atoms with Crippen molar-refractivity contribution < 1.29 is 19.1 Å². The summed E-state index contributed by atoms with van der Waals surface area (Å²) in [4.78, 5) is 24.6. The second-order valence-electron chi connectivity index (χ2n) is 6.89. The molecule has 1 aromatic carbocycles. The Morgan fingerprint density at radius 2 is 1.52 bits per heavy atom. The lowest BCUT2D eigenvalue weighted by Gasteiger charge is -2.61. The summed E-state index contributed by atoms with van der Waals surface area (Å²) in [5, 5.41) is 0. The minimum absolute atomic E-state index is 0.111. The second kappa shape index (κ2) is 5.99. The Balaban J connectivity index is 1.67. The van der Waals surface area contributed by atoms with E-state index in [1.165, 1.54) is 5.56 Å². The van der Waals surface area contributed by atoms with Crippen LogP contribution >= 0.6 is 0 Å². The van der Waals surface area contributed by atoms with Crippen molar-refractivity contribution in [3.05, 3.63) is 35.9 Å². The van der Waals surface area contributed by atoms with Gasteiger partial charge in [-0.15, -0.1) is 0 Å². The molecule has 124 valence electrons. The molecule has 0 amide bonds. The highest BCUT2D eigenvalue weighted by atomic mass is 16.6. The largest absolute Gasteiger partial charge is 0.465 e. The first-order valence-corrected chi connectivity index (χ1v) is 8.45. The molecule has 4 nitrogen and oxygen atoms in total. The predicted molar refractivity (Wildman–Crippen MR) is 85.8 cm³/mol. The molecule has 0 aliphatic heterocycles. The van der Waals surface area contributed by atoms with Crippen LogP contribution in [0.4, 0.5) is 0 Å². The van der Waals surface area contributed by atoms with E-state index in [1.807, 2.05) is 6.07 Å². The van der Waals surface area contributed by atoms with Crippen molar-refractivity contribution in [3.8, 4) is 0 Å². The van der Waals surface area contributed by atoms with Crippen LogP contribution < -0.4 is 0 Å². The molecule has 0 heterocycles. The third kappa shape index (κ3) is 2.64. The van der Waals surface area contributed by atoms with Crippen molar-refractivity contribution >= 4 is 11.9 Å². The maximum Gasteiger partial charge on any atom is 0.323 e. The van der Waals surface area contributed by atoms with Crippen molar-refractivity contribution in [2.75, 3.05) is 13.2 Å². The van der Waals surface area contributed by atoms with Crippen LogP contribution in [-0.2, 0) is 19.1 Å². The number of ether oxygens (including phenoxy) is 2. The first-order valence-electron chi connectivity index (χ1n) is 8.45. The van der Waals surface area contributed by atoms with Crippen molar-refractivity contribution in [1.82, 2.24) is 0 Å². The molecule has 0 radical (unpaired) electrons. The van der Waals surface area contributed by atoms with Gasteiger partial charge in [0.25, 0.3) is 0 Å². The third-order valence-electron chi connectivity index (χ3n) is 5.32. The Morgan fingerprint density at radius 1 is 1.00 bits per heavy atom. The van der Waals surface area contributed by atoms with Gasteiger partial charge in [-0.25, -0.2) is 0 Å². The summed E-state index contributed by atoms with van der Waals surface area (Å²) >= 11 is 0. The van der Waals surface area contributed by atoms with Gasteiger partial charge in [-0.2, -0.15) is 0 Å². The molecule has 3 rings (SSSR count). The van der Waals surface area contributed by atoms with Gasteiger partial charge in [0.2, 0.25) is 0 Å². The second-order valence-corrected chi connectivity index (χ2v) is 6.89. The quantitative estimate of drug-likeness (QED) is 0.616. The van der Waals surface area contributed by atoms with E-state index in [0.717, 1.165) is 12.8 Å². The summed E-state index contributed by atoms with van der Waals surface area (Å²) in [6.07, 6.45) is 3.22. The number of hydrogen-bond acceptors (Lipinski definition) is 4. The number of carbonyl (C=O) groups is 2. The Kier molecular flexibility index (Phi) is 4.17. The fraction of sp³-hybridized carbons (Fsp3) is 0.579.